The number of piperidine rings is 2. The number of ketones is 1. The molecule has 8 heteroatoms. The molecule has 1 aromatic carbocycles. The van der Waals surface area contributed by atoms with Gasteiger partial charge in [0, 0.05) is 24.1 Å². The molecular weight excluding hydrogens is 378 g/mol. The van der Waals surface area contributed by atoms with Crippen molar-refractivity contribution >= 4 is 11.9 Å². The average Bonchev–Trinajstić information content (AvgIpc) is 2.57. The molecule has 2 saturated heterocycles. The molecule has 2 bridgehead atoms. The molecule has 2 fully saturated rings. The normalized spacial score (nSPS) is 24.8. The van der Waals surface area contributed by atoms with Crippen LogP contribution in [-0.2, 0) is 4.74 Å². The molecular formula is C20H23F4NO3. The van der Waals surface area contributed by atoms with Gasteiger partial charge in [-0.05, 0) is 52.9 Å². The second-order valence-electron chi connectivity index (χ2n) is 8.50. The second-order valence-corrected chi connectivity index (χ2v) is 8.50. The zero-order valence-corrected chi connectivity index (χ0v) is 16.0. The second kappa shape index (κ2) is 7.37. The fourth-order valence-electron chi connectivity index (χ4n) is 4.20. The topological polar surface area (TPSA) is 46.6 Å². The van der Waals surface area contributed by atoms with Crippen molar-refractivity contribution in [2.45, 2.75) is 70.6 Å². The summed E-state index contributed by atoms with van der Waals surface area (Å²) in [5.41, 5.74) is -1.85. The first-order valence-corrected chi connectivity index (χ1v) is 9.38. The van der Waals surface area contributed by atoms with E-state index in [1.807, 2.05) is 0 Å². The maximum absolute atomic E-state index is 14.0. The highest BCUT2D eigenvalue weighted by Gasteiger charge is 2.45. The van der Waals surface area contributed by atoms with E-state index in [0.717, 1.165) is 6.42 Å². The summed E-state index contributed by atoms with van der Waals surface area (Å²) in [6.45, 7) is 5.25. The Morgan fingerprint density at radius 3 is 1.96 bits per heavy atom. The van der Waals surface area contributed by atoms with Gasteiger partial charge in [0.05, 0.1) is 5.56 Å². The monoisotopic (exact) mass is 401 g/mol. The van der Waals surface area contributed by atoms with Gasteiger partial charge in [-0.2, -0.15) is 0 Å². The molecule has 0 aliphatic carbocycles. The van der Waals surface area contributed by atoms with E-state index < -0.39 is 52.2 Å². The molecule has 1 amide bonds. The van der Waals surface area contributed by atoms with Crippen molar-refractivity contribution in [2.75, 3.05) is 0 Å². The number of fused-ring (bicyclic) bond motifs is 2. The van der Waals surface area contributed by atoms with Crippen LogP contribution in [0.25, 0.3) is 0 Å². The molecule has 0 spiro atoms. The minimum atomic E-state index is -1.68. The molecule has 3 rings (SSSR count). The van der Waals surface area contributed by atoms with Gasteiger partial charge < -0.3 is 9.64 Å². The van der Waals surface area contributed by atoms with Gasteiger partial charge in [-0.3, -0.25) is 4.79 Å². The Morgan fingerprint density at radius 1 is 1.00 bits per heavy atom. The number of halogens is 4. The zero-order chi connectivity index (χ0) is 20.8. The first-order valence-electron chi connectivity index (χ1n) is 9.38. The number of benzene rings is 1. The van der Waals surface area contributed by atoms with Crippen LogP contribution in [0.15, 0.2) is 6.07 Å². The highest BCUT2D eigenvalue weighted by atomic mass is 19.2. The lowest BCUT2D eigenvalue weighted by atomic mass is 9.75. The molecule has 28 heavy (non-hydrogen) atoms. The van der Waals surface area contributed by atoms with E-state index in [4.69, 9.17) is 4.74 Å². The van der Waals surface area contributed by atoms with Crippen molar-refractivity contribution in [1.29, 1.82) is 0 Å². The lowest BCUT2D eigenvalue weighted by Crippen LogP contribution is -2.56. The summed E-state index contributed by atoms with van der Waals surface area (Å²) in [4.78, 5) is 26.9. The fourth-order valence-corrected chi connectivity index (χ4v) is 4.20. The summed E-state index contributed by atoms with van der Waals surface area (Å²) in [5.74, 6) is -8.34. The van der Waals surface area contributed by atoms with Gasteiger partial charge in [0.15, 0.2) is 29.1 Å². The van der Waals surface area contributed by atoms with E-state index in [2.05, 4.69) is 0 Å². The number of nitrogens with zero attached hydrogens (tertiary/aromatic N) is 1. The number of Topliss-reactive ketones (excluding diaryl/α,β-unsaturated/α-hetero) is 1. The summed E-state index contributed by atoms with van der Waals surface area (Å²) < 4.78 is 60.5. The number of carbonyl (C=O) groups excluding carboxylic acids is 2. The number of hydrogen-bond donors (Lipinski definition) is 0. The number of ether oxygens (including phenoxy) is 1. The molecule has 0 saturated carbocycles. The molecule has 2 heterocycles. The lowest BCUT2D eigenvalue weighted by molar-refractivity contribution is -0.0261. The number of carbonyl (C=O) groups is 2. The molecule has 0 aromatic heterocycles. The van der Waals surface area contributed by atoms with E-state index in [1.54, 1.807) is 25.7 Å². The Morgan fingerprint density at radius 2 is 1.50 bits per heavy atom. The minimum Gasteiger partial charge on any atom is -0.444 e. The molecule has 4 nitrogen and oxygen atoms in total. The van der Waals surface area contributed by atoms with Gasteiger partial charge in [-0.1, -0.05) is 0 Å². The molecule has 0 radical (unpaired) electrons. The van der Waals surface area contributed by atoms with Crippen LogP contribution in [0.4, 0.5) is 22.4 Å². The number of hydrogen-bond acceptors (Lipinski definition) is 3. The van der Waals surface area contributed by atoms with Crippen LogP contribution in [0.5, 0.6) is 0 Å². The van der Waals surface area contributed by atoms with Crippen molar-refractivity contribution in [3.05, 3.63) is 34.9 Å². The van der Waals surface area contributed by atoms with Crippen LogP contribution < -0.4 is 0 Å². The van der Waals surface area contributed by atoms with Crippen LogP contribution >= 0.6 is 0 Å². The first-order chi connectivity index (χ1) is 13.0. The van der Waals surface area contributed by atoms with E-state index in [0.29, 0.717) is 12.8 Å². The maximum atomic E-state index is 14.0. The summed E-state index contributed by atoms with van der Waals surface area (Å²) >= 11 is 0. The summed E-state index contributed by atoms with van der Waals surface area (Å²) in [6, 6.07) is -0.553. The minimum absolute atomic E-state index is 0.0846. The standard InChI is InChI=1S/C20H23F4NO3/c1-20(2,3)28-19(27)25-11-5-4-6-12(25)8-10(7-11)18(26)15-16(23)13(21)9-14(22)17(15)24/h9-12H,4-8H2,1-3H3. The summed E-state index contributed by atoms with van der Waals surface area (Å²) in [6.07, 6.45) is 1.97. The summed E-state index contributed by atoms with van der Waals surface area (Å²) in [5, 5.41) is 0. The van der Waals surface area contributed by atoms with E-state index in [1.165, 1.54) is 0 Å². The van der Waals surface area contributed by atoms with Gasteiger partial charge in [0.2, 0.25) is 0 Å². The molecule has 0 N–H and O–H groups in total. The van der Waals surface area contributed by atoms with Crippen molar-refractivity contribution in [2.24, 2.45) is 5.92 Å². The largest absolute Gasteiger partial charge is 0.444 e. The van der Waals surface area contributed by atoms with Crippen molar-refractivity contribution in [1.82, 2.24) is 4.90 Å². The average molecular weight is 401 g/mol. The highest BCUT2D eigenvalue weighted by molar-refractivity contribution is 5.98. The zero-order valence-electron chi connectivity index (χ0n) is 16.0. The van der Waals surface area contributed by atoms with Crippen LogP contribution in [0.1, 0.15) is 63.2 Å². The first kappa shape index (κ1) is 20.6. The van der Waals surface area contributed by atoms with Gasteiger partial charge in [-0.15, -0.1) is 0 Å². The van der Waals surface area contributed by atoms with Crippen LogP contribution in [0.3, 0.4) is 0 Å². The third-order valence-electron chi connectivity index (χ3n) is 5.31. The third-order valence-corrected chi connectivity index (χ3v) is 5.31. The Labute approximate surface area is 160 Å². The molecule has 154 valence electrons. The van der Waals surface area contributed by atoms with Crippen molar-refractivity contribution in [3.63, 3.8) is 0 Å². The quantitative estimate of drug-likeness (QED) is 0.398. The lowest BCUT2D eigenvalue weighted by Gasteiger charge is -2.48. The van der Waals surface area contributed by atoms with Crippen LogP contribution in [0.2, 0.25) is 0 Å². The van der Waals surface area contributed by atoms with Gasteiger partial charge in [-0.25, -0.2) is 22.4 Å². The van der Waals surface area contributed by atoms with E-state index >= 15 is 0 Å². The van der Waals surface area contributed by atoms with Gasteiger partial charge in [0.25, 0.3) is 0 Å². The third kappa shape index (κ3) is 3.86. The molecule has 1 aromatic rings. The Bertz CT molecular complexity index is 765. The SMILES string of the molecule is CC(C)(C)OC(=O)N1C2CCCC1CC(C(=O)c1c(F)c(F)cc(F)c1F)C2. The van der Waals surface area contributed by atoms with Gasteiger partial charge in [0.1, 0.15) is 5.60 Å². The Hall–Kier alpha value is -2.12. The molecule has 2 atom stereocenters. The van der Waals surface area contributed by atoms with Crippen LogP contribution in [-0.4, -0.2) is 34.5 Å². The predicted octanol–water partition coefficient (Wildman–Crippen LogP) is 4.99. The highest BCUT2D eigenvalue weighted by Crippen LogP contribution is 2.40. The molecule has 2 aliphatic rings. The Kier molecular flexibility index (Phi) is 5.42. The Balaban J connectivity index is 1.85. The summed E-state index contributed by atoms with van der Waals surface area (Å²) in [7, 11) is 0. The van der Waals surface area contributed by atoms with E-state index in [9.17, 15) is 27.2 Å². The molecule has 2 unspecified atom stereocenters. The van der Waals surface area contributed by atoms with Crippen molar-refractivity contribution in [3.8, 4) is 0 Å². The fraction of sp³-hybridized carbons (Fsp3) is 0.600. The van der Waals surface area contributed by atoms with Crippen molar-refractivity contribution < 1.29 is 31.9 Å². The van der Waals surface area contributed by atoms with Gasteiger partial charge >= 0.3 is 6.09 Å². The maximum Gasteiger partial charge on any atom is 0.410 e. The van der Waals surface area contributed by atoms with Crippen LogP contribution in [0, 0.1) is 29.2 Å². The molecule has 2 aliphatic heterocycles. The van der Waals surface area contributed by atoms with E-state index in [-0.39, 0.29) is 31.0 Å². The number of rotatable bonds is 2. The number of amides is 1. The smallest absolute Gasteiger partial charge is 0.410 e. The predicted molar refractivity (Wildman–Crippen MR) is 92.8 cm³/mol.